The van der Waals surface area contributed by atoms with Crippen molar-refractivity contribution in [2.24, 2.45) is 11.5 Å². The average Bonchev–Trinajstić information content (AvgIpc) is 2.79. The van der Waals surface area contributed by atoms with Gasteiger partial charge in [-0.05, 0) is 71.5 Å². The van der Waals surface area contributed by atoms with E-state index < -0.39 is 0 Å². The fourth-order valence-electron chi connectivity index (χ4n) is 4.32. The van der Waals surface area contributed by atoms with Gasteiger partial charge < -0.3 is 21.7 Å². The van der Waals surface area contributed by atoms with Crippen LogP contribution in [0.25, 0.3) is 0 Å². The third-order valence-electron chi connectivity index (χ3n) is 6.39. The van der Waals surface area contributed by atoms with Gasteiger partial charge >= 0.3 is 0 Å². The second-order valence-electron chi connectivity index (χ2n) is 9.53. The van der Waals surface area contributed by atoms with E-state index in [4.69, 9.17) is 11.5 Å². The van der Waals surface area contributed by atoms with Gasteiger partial charge in [-0.3, -0.25) is 0 Å². The first-order valence-corrected chi connectivity index (χ1v) is 14.2. The third kappa shape index (κ3) is 26.0. The van der Waals surface area contributed by atoms with Crippen molar-refractivity contribution < 1.29 is 0 Å². The quantitative estimate of drug-likeness (QED) is 0.132. The molecule has 0 saturated carbocycles. The van der Waals surface area contributed by atoms with Gasteiger partial charge in [-0.25, -0.2) is 0 Å². The van der Waals surface area contributed by atoms with E-state index in [1.807, 2.05) is 0 Å². The molecule has 0 rings (SSSR count). The van der Waals surface area contributed by atoms with Gasteiger partial charge in [0.15, 0.2) is 0 Å². The summed E-state index contributed by atoms with van der Waals surface area (Å²) in [6.07, 6.45) is 26.4. The molecule has 0 aromatic rings. The third-order valence-corrected chi connectivity index (χ3v) is 6.39. The minimum atomic E-state index is 0.788. The van der Waals surface area contributed by atoms with Crippen LogP contribution in [0.15, 0.2) is 0 Å². The molecule has 0 aliphatic rings. The van der Waals surface area contributed by atoms with E-state index in [9.17, 15) is 0 Å². The van der Waals surface area contributed by atoms with E-state index in [-0.39, 0.29) is 0 Å². The topological polar surface area (TPSA) is 67.3 Å². The number of rotatable bonds is 27. The maximum absolute atomic E-state index is 5.65. The van der Waals surface area contributed by atoms with E-state index in [2.05, 4.69) is 17.1 Å². The lowest BCUT2D eigenvalue weighted by atomic mass is 10.0. The Morgan fingerprint density at radius 3 is 1.23 bits per heavy atom. The summed E-state index contributed by atoms with van der Waals surface area (Å²) in [5, 5.41) is 3.63. The fourth-order valence-corrected chi connectivity index (χ4v) is 4.32. The highest BCUT2D eigenvalue weighted by atomic mass is 15.1. The van der Waals surface area contributed by atoms with Crippen LogP contribution in [0.5, 0.6) is 0 Å². The van der Waals surface area contributed by atoms with Crippen LogP contribution in [0.2, 0.25) is 0 Å². The normalized spacial score (nSPS) is 11.6. The van der Waals surface area contributed by atoms with Gasteiger partial charge in [-0.15, -0.1) is 0 Å². The minimum Gasteiger partial charge on any atom is -0.330 e. The molecule has 5 N–H and O–H groups in total. The average molecular weight is 441 g/mol. The van der Waals surface area contributed by atoms with Gasteiger partial charge in [0.05, 0.1) is 0 Å². The van der Waals surface area contributed by atoms with Gasteiger partial charge in [0.25, 0.3) is 0 Å². The molecule has 0 amide bonds. The van der Waals surface area contributed by atoms with Crippen LogP contribution in [-0.4, -0.2) is 50.7 Å². The van der Waals surface area contributed by atoms with Gasteiger partial charge in [0.1, 0.15) is 0 Å². The number of nitrogens with one attached hydrogen (secondary N) is 1. The van der Waals surface area contributed by atoms with E-state index in [1.165, 1.54) is 122 Å². The molecule has 0 heterocycles. The molecule has 0 fully saturated rings. The zero-order valence-corrected chi connectivity index (χ0v) is 21.5. The van der Waals surface area contributed by atoms with Gasteiger partial charge in [0, 0.05) is 0 Å². The molecule has 0 aliphatic carbocycles. The molecule has 31 heavy (non-hydrogen) atoms. The lowest BCUT2D eigenvalue weighted by Gasteiger charge is -2.21. The first-order chi connectivity index (χ1) is 15.3. The number of hydrogen-bond donors (Lipinski definition) is 3. The van der Waals surface area contributed by atoms with Crippen LogP contribution in [0.1, 0.15) is 129 Å². The summed E-state index contributed by atoms with van der Waals surface area (Å²) in [4.78, 5) is 2.52. The van der Waals surface area contributed by atoms with Crippen molar-refractivity contribution in [1.82, 2.24) is 10.2 Å². The maximum atomic E-state index is 5.65. The Balaban J connectivity index is 3.20. The van der Waals surface area contributed by atoms with Crippen molar-refractivity contribution in [3.8, 4) is 0 Å². The highest BCUT2D eigenvalue weighted by Gasteiger charge is 2.03. The molecule has 0 unspecified atom stereocenters. The molecular formula is C27H60N4. The highest BCUT2D eigenvalue weighted by molar-refractivity contribution is 4.61. The molecule has 0 bridgehead atoms. The van der Waals surface area contributed by atoms with Crippen molar-refractivity contribution in [2.45, 2.75) is 129 Å². The second kappa shape index (κ2) is 27.9. The van der Waals surface area contributed by atoms with Crippen molar-refractivity contribution in [2.75, 3.05) is 45.8 Å². The summed E-state index contributed by atoms with van der Waals surface area (Å²) < 4.78 is 0. The van der Waals surface area contributed by atoms with Crippen LogP contribution >= 0.6 is 0 Å². The van der Waals surface area contributed by atoms with E-state index >= 15 is 0 Å². The standard InChI is InChI=1S/C27H60N4/c1-2-3-4-5-6-7-8-9-10-11-12-13-14-15-16-17-23-30-24-20-27-31(25-18-21-28)26-19-22-29/h30H,2-29H2,1H3. The Labute approximate surface area is 196 Å². The molecule has 0 aromatic heterocycles. The van der Waals surface area contributed by atoms with E-state index in [0.29, 0.717) is 0 Å². The minimum absolute atomic E-state index is 0.788. The molecule has 0 spiro atoms. The summed E-state index contributed by atoms with van der Waals surface area (Å²) in [7, 11) is 0. The summed E-state index contributed by atoms with van der Waals surface area (Å²) >= 11 is 0. The molecule has 0 saturated heterocycles. The van der Waals surface area contributed by atoms with Crippen molar-refractivity contribution in [3.63, 3.8) is 0 Å². The number of hydrogen-bond acceptors (Lipinski definition) is 4. The Kier molecular flexibility index (Phi) is 27.7. The van der Waals surface area contributed by atoms with Crippen LogP contribution in [0.4, 0.5) is 0 Å². The number of nitrogens with two attached hydrogens (primary N) is 2. The Bertz CT molecular complexity index is 304. The summed E-state index contributed by atoms with van der Waals surface area (Å²) in [5.41, 5.74) is 11.3. The molecule has 0 aliphatic heterocycles. The maximum Gasteiger partial charge on any atom is -0.000662 e. The monoisotopic (exact) mass is 440 g/mol. The lowest BCUT2D eigenvalue weighted by Crippen LogP contribution is -2.31. The van der Waals surface area contributed by atoms with Crippen molar-refractivity contribution in [3.05, 3.63) is 0 Å². The second-order valence-corrected chi connectivity index (χ2v) is 9.53. The van der Waals surface area contributed by atoms with Crippen molar-refractivity contribution >= 4 is 0 Å². The summed E-state index contributed by atoms with van der Waals surface area (Å²) in [6, 6.07) is 0. The van der Waals surface area contributed by atoms with Crippen LogP contribution in [0.3, 0.4) is 0 Å². The Morgan fingerprint density at radius 2 is 0.806 bits per heavy atom. The summed E-state index contributed by atoms with van der Waals surface area (Å²) in [5.74, 6) is 0. The van der Waals surface area contributed by atoms with Crippen LogP contribution in [0, 0.1) is 0 Å². The largest absolute Gasteiger partial charge is 0.330 e. The zero-order chi connectivity index (χ0) is 22.7. The Hall–Kier alpha value is -0.160. The molecule has 0 radical (unpaired) electrons. The highest BCUT2D eigenvalue weighted by Crippen LogP contribution is 2.13. The van der Waals surface area contributed by atoms with Crippen LogP contribution in [-0.2, 0) is 0 Å². The molecular weight excluding hydrogens is 380 g/mol. The van der Waals surface area contributed by atoms with E-state index in [0.717, 1.165) is 45.6 Å². The molecule has 4 heteroatoms. The molecule has 188 valence electrons. The first kappa shape index (κ1) is 30.8. The van der Waals surface area contributed by atoms with Crippen LogP contribution < -0.4 is 16.8 Å². The van der Waals surface area contributed by atoms with Crippen molar-refractivity contribution in [1.29, 1.82) is 0 Å². The summed E-state index contributed by atoms with van der Waals surface area (Å²) in [6.45, 7) is 9.61. The predicted molar refractivity (Wildman–Crippen MR) is 141 cm³/mol. The number of nitrogens with zero attached hydrogens (tertiary/aromatic N) is 1. The smallest absolute Gasteiger partial charge is 0.000662 e. The van der Waals surface area contributed by atoms with E-state index in [1.54, 1.807) is 0 Å². The SMILES string of the molecule is CCCCCCCCCCCCCCCCCCNCCCN(CCCN)CCCN. The lowest BCUT2D eigenvalue weighted by molar-refractivity contribution is 0.265. The van der Waals surface area contributed by atoms with Gasteiger partial charge in [0.2, 0.25) is 0 Å². The molecule has 0 aromatic carbocycles. The van der Waals surface area contributed by atoms with Gasteiger partial charge in [-0.1, -0.05) is 103 Å². The first-order valence-electron chi connectivity index (χ1n) is 14.2. The molecule has 0 atom stereocenters. The predicted octanol–water partition coefficient (Wildman–Crippen LogP) is 6.23. The molecule has 4 nitrogen and oxygen atoms in total. The fraction of sp³-hybridized carbons (Fsp3) is 1.00. The zero-order valence-electron chi connectivity index (χ0n) is 21.5. The van der Waals surface area contributed by atoms with Gasteiger partial charge in [-0.2, -0.15) is 0 Å². The Morgan fingerprint density at radius 1 is 0.452 bits per heavy atom. The number of unbranched alkanes of at least 4 members (excludes halogenated alkanes) is 15.